The van der Waals surface area contributed by atoms with Gasteiger partial charge >= 0.3 is 5.69 Å². The molecule has 1 N–H and O–H groups in total. The summed E-state index contributed by atoms with van der Waals surface area (Å²) in [5.74, 6) is 1.12. The van der Waals surface area contributed by atoms with E-state index in [0.29, 0.717) is 17.3 Å². The van der Waals surface area contributed by atoms with Gasteiger partial charge in [-0.25, -0.2) is 9.97 Å². The smallest absolute Gasteiger partial charge is 0.353 e. The Bertz CT molecular complexity index is 759. The van der Waals surface area contributed by atoms with Crippen LogP contribution in [-0.4, -0.2) is 35.1 Å². The summed E-state index contributed by atoms with van der Waals surface area (Å²) in [6.45, 7) is 3.48. The molecule has 1 aromatic carbocycles. The van der Waals surface area contributed by atoms with E-state index in [-0.39, 0.29) is 11.5 Å². The molecule has 0 aliphatic carbocycles. The molecule has 126 valence electrons. The summed E-state index contributed by atoms with van der Waals surface area (Å²) in [7, 11) is 1.56. The van der Waals surface area contributed by atoms with Crippen molar-refractivity contribution in [2.75, 3.05) is 30.4 Å². The molecule has 8 heteroatoms. The van der Waals surface area contributed by atoms with Gasteiger partial charge in [-0.3, -0.25) is 10.1 Å². The third kappa shape index (κ3) is 3.08. The lowest BCUT2D eigenvalue weighted by Gasteiger charge is -2.17. The molecule has 0 unspecified atom stereocenters. The Labute approximate surface area is 139 Å². The summed E-state index contributed by atoms with van der Waals surface area (Å²) in [6.07, 6.45) is 3.37. The quantitative estimate of drug-likeness (QED) is 0.665. The Balaban J connectivity index is 2.03. The van der Waals surface area contributed by atoms with Crippen molar-refractivity contribution in [1.82, 2.24) is 9.97 Å². The molecule has 1 aliphatic rings. The topological polar surface area (TPSA) is 93.4 Å². The van der Waals surface area contributed by atoms with E-state index >= 15 is 0 Å². The van der Waals surface area contributed by atoms with Crippen LogP contribution in [0.1, 0.15) is 18.4 Å². The van der Waals surface area contributed by atoms with Gasteiger partial charge in [-0.1, -0.05) is 6.07 Å². The fourth-order valence-corrected chi connectivity index (χ4v) is 2.84. The zero-order valence-electron chi connectivity index (χ0n) is 13.7. The summed E-state index contributed by atoms with van der Waals surface area (Å²) in [5, 5.41) is 14.7. The first kappa shape index (κ1) is 16.0. The van der Waals surface area contributed by atoms with Crippen molar-refractivity contribution in [1.29, 1.82) is 0 Å². The van der Waals surface area contributed by atoms with Gasteiger partial charge in [0, 0.05) is 13.1 Å². The molecule has 1 aliphatic heterocycles. The lowest BCUT2D eigenvalue weighted by molar-refractivity contribution is -0.383. The van der Waals surface area contributed by atoms with Crippen molar-refractivity contribution in [3.8, 4) is 5.75 Å². The van der Waals surface area contributed by atoms with Crippen LogP contribution in [0.5, 0.6) is 5.75 Å². The van der Waals surface area contributed by atoms with Crippen LogP contribution in [0.25, 0.3) is 0 Å². The van der Waals surface area contributed by atoms with Gasteiger partial charge in [0.2, 0.25) is 11.6 Å². The maximum absolute atomic E-state index is 11.6. The number of anilines is 3. The number of hydrogen-bond donors (Lipinski definition) is 1. The van der Waals surface area contributed by atoms with Crippen molar-refractivity contribution < 1.29 is 9.66 Å². The molecule has 2 aromatic rings. The van der Waals surface area contributed by atoms with Crippen LogP contribution >= 0.6 is 0 Å². The van der Waals surface area contributed by atoms with Crippen LogP contribution in [0.15, 0.2) is 24.5 Å². The minimum atomic E-state index is -0.432. The van der Waals surface area contributed by atoms with Gasteiger partial charge in [0.25, 0.3) is 0 Å². The van der Waals surface area contributed by atoms with Crippen molar-refractivity contribution >= 4 is 23.0 Å². The van der Waals surface area contributed by atoms with Crippen LogP contribution in [0, 0.1) is 17.0 Å². The first-order chi connectivity index (χ1) is 11.6. The van der Waals surface area contributed by atoms with Crippen LogP contribution in [0.3, 0.4) is 0 Å². The second-order valence-corrected chi connectivity index (χ2v) is 5.67. The number of hydrogen-bond acceptors (Lipinski definition) is 7. The third-order valence-corrected chi connectivity index (χ3v) is 4.00. The van der Waals surface area contributed by atoms with E-state index in [2.05, 4.69) is 15.3 Å². The summed E-state index contributed by atoms with van der Waals surface area (Å²) >= 11 is 0. The molecule has 0 atom stereocenters. The van der Waals surface area contributed by atoms with Crippen molar-refractivity contribution in [2.24, 2.45) is 0 Å². The fraction of sp³-hybridized carbons (Fsp3) is 0.375. The standard InChI is InChI=1S/C16H19N5O3/c1-11-5-6-13(24-2)12(9-11)19-15-14(21(22)23)16(18-10-17-15)20-7-3-4-8-20/h5-6,9-10H,3-4,7-8H2,1-2H3,(H,17,18,19). The Kier molecular flexibility index (Phi) is 4.45. The highest BCUT2D eigenvalue weighted by molar-refractivity contribution is 5.76. The fourth-order valence-electron chi connectivity index (χ4n) is 2.84. The minimum Gasteiger partial charge on any atom is -0.495 e. The van der Waals surface area contributed by atoms with E-state index in [1.54, 1.807) is 7.11 Å². The molecular formula is C16H19N5O3. The lowest BCUT2D eigenvalue weighted by atomic mass is 10.2. The van der Waals surface area contributed by atoms with E-state index in [0.717, 1.165) is 31.5 Å². The second-order valence-electron chi connectivity index (χ2n) is 5.67. The molecule has 0 spiro atoms. The van der Waals surface area contributed by atoms with Gasteiger partial charge in [0.1, 0.15) is 12.1 Å². The molecule has 2 heterocycles. The first-order valence-corrected chi connectivity index (χ1v) is 7.76. The predicted molar refractivity (Wildman–Crippen MR) is 91.1 cm³/mol. The average Bonchev–Trinajstić information content (AvgIpc) is 3.09. The van der Waals surface area contributed by atoms with Crippen LogP contribution in [-0.2, 0) is 0 Å². The highest BCUT2D eigenvalue weighted by atomic mass is 16.6. The van der Waals surface area contributed by atoms with Gasteiger partial charge in [-0.2, -0.15) is 0 Å². The number of ether oxygens (including phenoxy) is 1. The highest BCUT2D eigenvalue weighted by Gasteiger charge is 2.28. The Morgan fingerprint density at radius 3 is 2.71 bits per heavy atom. The zero-order chi connectivity index (χ0) is 17.1. The Morgan fingerprint density at radius 2 is 2.04 bits per heavy atom. The third-order valence-electron chi connectivity index (χ3n) is 4.00. The van der Waals surface area contributed by atoms with Crippen LogP contribution in [0.2, 0.25) is 0 Å². The number of nitrogens with one attached hydrogen (secondary N) is 1. The maximum atomic E-state index is 11.6. The number of nitrogens with zero attached hydrogens (tertiary/aromatic N) is 4. The van der Waals surface area contributed by atoms with Crippen LogP contribution < -0.4 is 15.0 Å². The normalized spacial score (nSPS) is 13.8. The number of benzene rings is 1. The molecule has 0 amide bonds. The van der Waals surface area contributed by atoms with Crippen molar-refractivity contribution in [2.45, 2.75) is 19.8 Å². The number of methoxy groups -OCH3 is 1. The molecule has 8 nitrogen and oxygen atoms in total. The average molecular weight is 329 g/mol. The van der Waals surface area contributed by atoms with Gasteiger partial charge < -0.3 is 15.0 Å². The Hall–Kier alpha value is -2.90. The molecule has 1 saturated heterocycles. The highest BCUT2D eigenvalue weighted by Crippen LogP contribution is 2.37. The summed E-state index contributed by atoms with van der Waals surface area (Å²) in [6, 6.07) is 5.58. The van der Waals surface area contributed by atoms with Crippen molar-refractivity contribution in [3.05, 3.63) is 40.2 Å². The summed E-state index contributed by atoms with van der Waals surface area (Å²) in [5.41, 5.74) is 1.53. The number of nitro groups is 1. The van der Waals surface area contributed by atoms with Gasteiger partial charge in [-0.15, -0.1) is 0 Å². The molecular weight excluding hydrogens is 310 g/mol. The molecule has 3 rings (SSSR count). The van der Waals surface area contributed by atoms with E-state index in [4.69, 9.17) is 4.74 Å². The number of rotatable bonds is 5. The summed E-state index contributed by atoms with van der Waals surface area (Å²) in [4.78, 5) is 21.4. The van der Waals surface area contributed by atoms with Crippen molar-refractivity contribution in [3.63, 3.8) is 0 Å². The Morgan fingerprint density at radius 1 is 1.29 bits per heavy atom. The monoisotopic (exact) mass is 329 g/mol. The molecule has 24 heavy (non-hydrogen) atoms. The van der Waals surface area contributed by atoms with Gasteiger partial charge in [0.05, 0.1) is 17.7 Å². The maximum Gasteiger partial charge on any atom is 0.353 e. The number of aromatic nitrogens is 2. The molecule has 0 saturated carbocycles. The minimum absolute atomic E-state index is 0.108. The van der Waals surface area contributed by atoms with E-state index in [1.807, 2.05) is 30.0 Å². The first-order valence-electron chi connectivity index (χ1n) is 7.76. The summed E-state index contributed by atoms with van der Waals surface area (Å²) < 4.78 is 5.32. The zero-order valence-corrected chi connectivity index (χ0v) is 13.7. The van der Waals surface area contributed by atoms with Gasteiger partial charge in [0.15, 0.2) is 0 Å². The largest absolute Gasteiger partial charge is 0.495 e. The van der Waals surface area contributed by atoms with E-state index in [9.17, 15) is 10.1 Å². The number of aryl methyl sites for hydroxylation is 1. The predicted octanol–water partition coefficient (Wildman–Crippen LogP) is 3.05. The SMILES string of the molecule is COc1ccc(C)cc1Nc1ncnc(N2CCCC2)c1[N+](=O)[O-]. The van der Waals surface area contributed by atoms with E-state index < -0.39 is 4.92 Å². The van der Waals surface area contributed by atoms with Gasteiger partial charge in [-0.05, 0) is 37.5 Å². The molecule has 0 bridgehead atoms. The molecule has 1 fully saturated rings. The van der Waals surface area contributed by atoms with E-state index in [1.165, 1.54) is 6.33 Å². The molecule has 0 radical (unpaired) electrons. The lowest BCUT2D eigenvalue weighted by Crippen LogP contribution is -2.21. The second kappa shape index (κ2) is 6.69. The molecule has 1 aromatic heterocycles. The van der Waals surface area contributed by atoms with Crippen LogP contribution in [0.4, 0.5) is 23.0 Å².